The quantitative estimate of drug-likeness (QED) is 0.326. The van der Waals surface area contributed by atoms with Gasteiger partial charge in [-0.25, -0.2) is 4.79 Å². The lowest BCUT2D eigenvalue weighted by Crippen LogP contribution is -2.04. The van der Waals surface area contributed by atoms with Crippen LogP contribution in [0.25, 0.3) is 0 Å². The van der Waals surface area contributed by atoms with Crippen LogP contribution in [0.2, 0.25) is 0 Å². The second-order valence-electron chi connectivity index (χ2n) is 1.61. The zero-order valence-corrected chi connectivity index (χ0v) is 4.88. The average Bonchev–Trinajstić information content (AvgIpc) is 2.10. The fourth-order valence-electron chi connectivity index (χ4n) is 0.578. The van der Waals surface area contributed by atoms with Gasteiger partial charge in [0.15, 0.2) is 0 Å². The average molecular weight is 127 g/mol. The third-order valence-electron chi connectivity index (χ3n) is 1.02. The molecule has 1 aliphatic rings. The molecule has 4 heteroatoms. The Hall–Kier alpha value is -1.19. The van der Waals surface area contributed by atoms with Crippen LogP contribution in [0.15, 0.2) is 4.99 Å². The van der Waals surface area contributed by atoms with Gasteiger partial charge in [-0.1, -0.05) is 0 Å². The van der Waals surface area contributed by atoms with E-state index in [-0.39, 0.29) is 12.1 Å². The Labute approximate surface area is 51.5 Å². The van der Waals surface area contributed by atoms with E-state index in [1.165, 1.54) is 7.05 Å². The minimum Gasteiger partial charge on any atom is -0.388 e. The van der Waals surface area contributed by atoms with Crippen molar-refractivity contribution in [2.75, 3.05) is 7.05 Å². The van der Waals surface area contributed by atoms with Crippen molar-refractivity contribution in [3.8, 4) is 0 Å². The second kappa shape index (κ2) is 1.97. The maximum atomic E-state index is 10.4. The van der Waals surface area contributed by atoms with Crippen molar-refractivity contribution in [1.82, 2.24) is 0 Å². The molecule has 0 aromatic heterocycles. The van der Waals surface area contributed by atoms with Gasteiger partial charge in [-0.3, -0.25) is 9.79 Å². The summed E-state index contributed by atoms with van der Waals surface area (Å²) in [6.45, 7) is 0. The highest BCUT2D eigenvalue weighted by atomic mass is 16.6. The maximum absolute atomic E-state index is 10.4. The normalized spacial score (nSPS) is 23.0. The fraction of sp³-hybridized carbons (Fsp3) is 0.400. The first kappa shape index (κ1) is 5.94. The first-order chi connectivity index (χ1) is 4.24. The molecule has 0 aromatic rings. The Morgan fingerprint density at radius 2 is 2.22 bits per heavy atom. The van der Waals surface area contributed by atoms with Crippen LogP contribution in [0.1, 0.15) is 6.42 Å². The van der Waals surface area contributed by atoms with E-state index in [2.05, 4.69) is 9.73 Å². The molecule has 0 N–H and O–H groups in total. The Morgan fingerprint density at radius 1 is 1.56 bits per heavy atom. The van der Waals surface area contributed by atoms with E-state index < -0.39 is 11.9 Å². The van der Waals surface area contributed by atoms with Gasteiger partial charge in [-0.2, -0.15) is 0 Å². The van der Waals surface area contributed by atoms with Crippen molar-refractivity contribution < 1.29 is 14.3 Å². The first-order valence-electron chi connectivity index (χ1n) is 2.44. The molecule has 0 unspecified atom stereocenters. The highest BCUT2D eigenvalue weighted by molar-refractivity contribution is 6.44. The van der Waals surface area contributed by atoms with Crippen LogP contribution in [-0.4, -0.2) is 24.7 Å². The Bertz CT molecular complexity index is 194. The van der Waals surface area contributed by atoms with E-state index in [9.17, 15) is 9.59 Å². The predicted molar refractivity (Wildman–Crippen MR) is 29.1 cm³/mol. The van der Waals surface area contributed by atoms with Crippen molar-refractivity contribution in [2.45, 2.75) is 6.42 Å². The smallest absolute Gasteiger partial charge is 0.360 e. The van der Waals surface area contributed by atoms with Gasteiger partial charge in [0.25, 0.3) is 0 Å². The van der Waals surface area contributed by atoms with E-state index in [4.69, 9.17) is 0 Å². The maximum Gasteiger partial charge on any atom is 0.360 e. The molecular weight excluding hydrogens is 122 g/mol. The predicted octanol–water partition coefficient (Wildman–Crippen LogP) is -0.469. The van der Waals surface area contributed by atoms with Gasteiger partial charge in [0.05, 0.1) is 6.42 Å². The van der Waals surface area contributed by atoms with Crippen LogP contribution >= 0.6 is 0 Å². The van der Waals surface area contributed by atoms with Gasteiger partial charge >= 0.3 is 11.9 Å². The van der Waals surface area contributed by atoms with Crippen molar-refractivity contribution in [3.05, 3.63) is 0 Å². The molecule has 1 heterocycles. The van der Waals surface area contributed by atoms with Gasteiger partial charge in [0.1, 0.15) is 5.71 Å². The largest absolute Gasteiger partial charge is 0.388 e. The second-order valence-corrected chi connectivity index (χ2v) is 1.61. The zero-order chi connectivity index (χ0) is 6.85. The number of hydrogen-bond donors (Lipinski definition) is 0. The highest BCUT2D eigenvalue weighted by Crippen LogP contribution is 2.02. The van der Waals surface area contributed by atoms with E-state index in [0.717, 1.165) is 0 Å². The molecule has 0 bridgehead atoms. The van der Waals surface area contributed by atoms with Crippen LogP contribution in [0.3, 0.4) is 0 Å². The minimum atomic E-state index is -0.609. The van der Waals surface area contributed by atoms with E-state index >= 15 is 0 Å². The van der Waals surface area contributed by atoms with E-state index in [0.29, 0.717) is 0 Å². The number of rotatable bonds is 0. The van der Waals surface area contributed by atoms with E-state index in [1.807, 2.05) is 0 Å². The SMILES string of the molecule is CN=C1CC(=O)OC1=O. The summed E-state index contributed by atoms with van der Waals surface area (Å²) in [5, 5.41) is 0. The van der Waals surface area contributed by atoms with E-state index in [1.54, 1.807) is 0 Å². The van der Waals surface area contributed by atoms with Crippen LogP contribution in [0.5, 0.6) is 0 Å². The van der Waals surface area contributed by atoms with Crippen LogP contribution in [0, 0.1) is 0 Å². The Kier molecular flexibility index (Phi) is 1.30. The number of carbonyl (C=O) groups is 2. The number of esters is 2. The molecule has 0 spiro atoms. The molecule has 1 saturated heterocycles. The molecule has 0 radical (unpaired) electrons. The summed E-state index contributed by atoms with van der Waals surface area (Å²) in [6.07, 6.45) is 0.0231. The van der Waals surface area contributed by atoms with Gasteiger partial charge in [0, 0.05) is 7.05 Å². The summed E-state index contributed by atoms with van der Waals surface area (Å²) in [6, 6.07) is 0. The molecule has 9 heavy (non-hydrogen) atoms. The molecule has 0 saturated carbocycles. The van der Waals surface area contributed by atoms with Crippen LogP contribution in [0.4, 0.5) is 0 Å². The van der Waals surface area contributed by atoms with Gasteiger partial charge in [-0.15, -0.1) is 0 Å². The summed E-state index contributed by atoms with van der Waals surface area (Å²) in [5.74, 6) is -1.12. The Balaban J connectivity index is 2.81. The lowest BCUT2D eigenvalue weighted by Gasteiger charge is -1.81. The molecule has 0 aromatic carbocycles. The summed E-state index contributed by atoms with van der Waals surface area (Å²) in [4.78, 5) is 24.3. The van der Waals surface area contributed by atoms with Crippen LogP contribution in [-0.2, 0) is 14.3 Å². The fourth-order valence-corrected chi connectivity index (χ4v) is 0.578. The minimum absolute atomic E-state index is 0.0231. The van der Waals surface area contributed by atoms with Crippen molar-refractivity contribution >= 4 is 17.7 Å². The number of carbonyl (C=O) groups excluding carboxylic acids is 2. The number of ether oxygens (including phenoxy) is 1. The van der Waals surface area contributed by atoms with Crippen molar-refractivity contribution in [1.29, 1.82) is 0 Å². The lowest BCUT2D eigenvalue weighted by atomic mass is 10.3. The standard InChI is InChI=1S/C5H5NO3/c1-6-3-2-4(7)9-5(3)8/h2H2,1H3. The van der Waals surface area contributed by atoms with Gasteiger partial charge in [0.2, 0.25) is 0 Å². The monoisotopic (exact) mass is 127 g/mol. The van der Waals surface area contributed by atoms with Crippen molar-refractivity contribution in [2.24, 2.45) is 4.99 Å². The summed E-state index contributed by atoms with van der Waals surface area (Å²) in [7, 11) is 1.45. The van der Waals surface area contributed by atoms with Crippen LogP contribution < -0.4 is 0 Å². The number of aliphatic imine (C=N–C) groups is 1. The highest BCUT2D eigenvalue weighted by Gasteiger charge is 2.27. The lowest BCUT2D eigenvalue weighted by molar-refractivity contribution is -0.150. The molecular formula is C5H5NO3. The molecule has 1 rings (SSSR count). The molecule has 4 nitrogen and oxygen atoms in total. The number of hydrogen-bond acceptors (Lipinski definition) is 4. The topological polar surface area (TPSA) is 55.7 Å². The molecule has 48 valence electrons. The molecule has 0 amide bonds. The Morgan fingerprint density at radius 3 is 2.44 bits per heavy atom. The molecule has 0 atom stereocenters. The number of nitrogens with zero attached hydrogens (tertiary/aromatic N) is 1. The summed E-state index contributed by atoms with van der Waals surface area (Å²) >= 11 is 0. The third kappa shape index (κ3) is 0.960. The number of cyclic esters (lactones) is 2. The first-order valence-corrected chi connectivity index (χ1v) is 2.44. The van der Waals surface area contributed by atoms with Gasteiger partial charge < -0.3 is 4.74 Å². The third-order valence-corrected chi connectivity index (χ3v) is 1.02. The molecule has 0 aliphatic carbocycles. The summed E-state index contributed by atoms with van der Waals surface area (Å²) in [5.41, 5.74) is 0.208. The molecule has 1 fully saturated rings. The molecule has 1 aliphatic heterocycles. The summed E-state index contributed by atoms with van der Waals surface area (Å²) < 4.78 is 4.16. The van der Waals surface area contributed by atoms with Crippen molar-refractivity contribution in [3.63, 3.8) is 0 Å². The van der Waals surface area contributed by atoms with Gasteiger partial charge in [-0.05, 0) is 0 Å². The zero-order valence-electron chi connectivity index (χ0n) is 4.88.